The molecule has 1 heterocycles. The molecule has 0 radical (unpaired) electrons. The monoisotopic (exact) mass is 288 g/mol. The molecule has 4 nitrogen and oxygen atoms in total. The predicted octanol–water partition coefficient (Wildman–Crippen LogP) is 3.40. The Morgan fingerprint density at radius 3 is 2.57 bits per heavy atom. The van der Waals surface area contributed by atoms with E-state index in [2.05, 4.69) is 27.5 Å². The number of nitrogens with zero attached hydrogens (tertiary/aromatic N) is 2. The first kappa shape index (κ1) is 15.2. The lowest BCUT2D eigenvalue weighted by atomic mass is 10.1. The van der Waals surface area contributed by atoms with Crippen LogP contribution in [0.25, 0.3) is 0 Å². The number of halogens is 1. The van der Waals surface area contributed by atoms with Gasteiger partial charge in [0.15, 0.2) is 0 Å². The zero-order valence-corrected chi connectivity index (χ0v) is 12.7. The van der Waals surface area contributed by atoms with Crippen LogP contribution in [0.5, 0.6) is 0 Å². The van der Waals surface area contributed by atoms with Crippen LogP contribution in [0.2, 0.25) is 0 Å². The molecule has 0 spiro atoms. The summed E-state index contributed by atoms with van der Waals surface area (Å²) in [6.07, 6.45) is 0.805. The molecule has 21 heavy (non-hydrogen) atoms. The Labute approximate surface area is 124 Å². The summed E-state index contributed by atoms with van der Waals surface area (Å²) in [6, 6.07) is 8.70. The minimum absolute atomic E-state index is 0.194. The summed E-state index contributed by atoms with van der Waals surface area (Å²) in [6.45, 7) is 6.82. The second-order valence-electron chi connectivity index (χ2n) is 5.12. The second kappa shape index (κ2) is 7.02. The number of benzene rings is 1. The van der Waals surface area contributed by atoms with Crippen LogP contribution in [0.1, 0.15) is 25.1 Å². The summed E-state index contributed by atoms with van der Waals surface area (Å²) in [5.74, 6) is 1.23. The van der Waals surface area contributed by atoms with Gasteiger partial charge in [0.1, 0.15) is 11.6 Å². The van der Waals surface area contributed by atoms with E-state index >= 15 is 0 Å². The molecule has 2 aromatic rings. The van der Waals surface area contributed by atoms with E-state index < -0.39 is 0 Å². The van der Waals surface area contributed by atoms with Crippen molar-refractivity contribution in [1.29, 1.82) is 0 Å². The van der Waals surface area contributed by atoms with Gasteiger partial charge in [-0.2, -0.15) is 4.98 Å². The van der Waals surface area contributed by atoms with Crippen LogP contribution < -0.4 is 10.6 Å². The van der Waals surface area contributed by atoms with Crippen molar-refractivity contribution in [3.63, 3.8) is 0 Å². The van der Waals surface area contributed by atoms with Crippen molar-refractivity contribution < 1.29 is 4.39 Å². The van der Waals surface area contributed by atoms with E-state index in [9.17, 15) is 4.39 Å². The van der Waals surface area contributed by atoms with Gasteiger partial charge in [-0.25, -0.2) is 9.37 Å². The van der Waals surface area contributed by atoms with Crippen molar-refractivity contribution in [2.24, 2.45) is 0 Å². The Hall–Kier alpha value is -2.17. The van der Waals surface area contributed by atoms with Gasteiger partial charge in [0.25, 0.3) is 0 Å². The Kier molecular flexibility index (Phi) is 5.09. The molecule has 2 rings (SSSR count). The SMILES string of the molecule is CCNc1nc(C)cc(NC(C)Cc2ccc(F)cc2)n1. The number of nitrogens with one attached hydrogen (secondary N) is 2. The standard InChI is InChI=1S/C16H21FN4/c1-4-18-16-20-12(3)10-15(21-16)19-11(2)9-13-5-7-14(17)8-6-13/h5-8,10-11H,4,9H2,1-3H3,(H2,18,19,20,21). The maximum atomic E-state index is 12.9. The maximum Gasteiger partial charge on any atom is 0.224 e. The van der Waals surface area contributed by atoms with Gasteiger partial charge in [0, 0.05) is 24.3 Å². The zero-order valence-electron chi connectivity index (χ0n) is 12.7. The molecule has 0 aliphatic carbocycles. The van der Waals surface area contributed by atoms with Crippen LogP contribution in [0.15, 0.2) is 30.3 Å². The van der Waals surface area contributed by atoms with E-state index in [1.54, 1.807) is 0 Å². The van der Waals surface area contributed by atoms with E-state index in [4.69, 9.17) is 0 Å². The summed E-state index contributed by atoms with van der Waals surface area (Å²) in [5, 5.41) is 6.47. The molecule has 1 aromatic heterocycles. The first-order valence-corrected chi connectivity index (χ1v) is 7.17. The van der Waals surface area contributed by atoms with Gasteiger partial charge in [0.2, 0.25) is 5.95 Å². The van der Waals surface area contributed by atoms with Crippen LogP contribution in [0.4, 0.5) is 16.2 Å². The third-order valence-corrected chi connectivity index (χ3v) is 3.04. The smallest absolute Gasteiger partial charge is 0.224 e. The molecule has 0 saturated carbocycles. The fourth-order valence-corrected chi connectivity index (χ4v) is 2.16. The molecule has 0 aliphatic heterocycles. The van der Waals surface area contributed by atoms with Crippen LogP contribution in [-0.4, -0.2) is 22.6 Å². The van der Waals surface area contributed by atoms with Crippen LogP contribution >= 0.6 is 0 Å². The average molecular weight is 288 g/mol. The quantitative estimate of drug-likeness (QED) is 0.855. The lowest BCUT2D eigenvalue weighted by Gasteiger charge is -2.15. The van der Waals surface area contributed by atoms with Gasteiger partial charge in [-0.3, -0.25) is 0 Å². The topological polar surface area (TPSA) is 49.8 Å². The predicted molar refractivity (Wildman–Crippen MR) is 84.1 cm³/mol. The number of rotatable bonds is 6. The Morgan fingerprint density at radius 1 is 1.19 bits per heavy atom. The van der Waals surface area contributed by atoms with Crippen molar-refractivity contribution in [2.45, 2.75) is 33.2 Å². The minimum Gasteiger partial charge on any atom is -0.367 e. The number of aromatic nitrogens is 2. The molecular weight excluding hydrogens is 267 g/mol. The van der Waals surface area contributed by atoms with Gasteiger partial charge in [-0.1, -0.05) is 12.1 Å². The highest BCUT2D eigenvalue weighted by Gasteiger charge is 2.07. The molecule has 5 heteroatoms. The van der Waals surface area contributed by atoms with Gasteiger partial charge in [-0.15, -0.1) is 0 Å². The van der Waals surface area contributed by atoms with E-state index in [0.29, 0.717) is 5.95 Å². The first-order valence-electron chi connectivity index (χ1n) is 7.17. The summed E-state index contributed by atoms with van der Waals surface area (Å²) < 4.78 is 12.9. The van der Waals surface area contributed by atoms with Crippen molar-refractivity contribution in [3.05, 3.63) is 47.4 Å². The third kappa shape index (κ3) is 4.70. The molecule has 1 atom stereocenters. The summed E-state index contributed by atoms with van der Waals surface area (Å²) in [7, 11) is 0. The van der Waals surface area contributed by atoms with E-state index in [-0.39, 0.29) is 11.9 Å². The molecular formula is C16H21FN4. The first-order chi connectivity index (χ1) is 10.1. The Morgan fingerprint density at radius 2 is 1.90 bits per heavy atom. The molecule has 0 fully saturated rings. The summed E-state index contributed by atoms with van der Waals surface area (Å²) >= 11 is 0. The second-order valence-corrected chi connectivity index (χ2v) is 5.12. The number of hydrogen-bond donors (Lipinski definition) is 2. The van der Waals surface area contributed by atoms with Gasteiger partial charge < -0.3 is 10.6 Å². The van der Waals surface area contributed by atoms with Gasteiger partial charge in [-0.05, 0) is 44.9 Å². The van der Waals surface area contributed by atoms with Crippen molar-refractivity contribution in [3.8, 4) is 0 Å². The molecule has 1 unspecified atom stereocenters. The van der Waals surface area contributed by atoms with Crippen molar-refractivity contribution >= 4 is 11.8 Å². The molecule has 1 aromatic carbocycles. The molecule has 0 amide bonds. The van der Waals surface area contributed by atoms with E-state index in [1.807, 2.05) is 32.0 Å². The average Bonchev–Trinajstić information content (AvgIpc) is 2.41. The Bertz CT molecular complexity index is 583. The minimum atomic E-state index is -0.207. The largest absolute Gasteiger partial charge is 0.367 e. The van der Waals surface area contributed by atoms with Gasteiger partial charge in [0.05, 0.1) is 0 Å². The molecule has 0 aliphatic rings. The molecule has 2 N–H and O–H groups in total. The molecule has 0 saturated heterocycles. The Balaban J connectivity index is 2.01. The van der Waals surface area contributed by atoms with Crippen molar-refractivity contribution in [2.75, 3.05) is 17.2 Å². The highest BCUT2D eigenvalue weighted by atomic mass is 19.1. The molecule has 0 bridgehead atoms. The zero-order chi connectivity index (χ0) is 15.2. The lowest BCUT2D eigenvalue weighted by molar-refractivity contribution is 0.626. The van der Waals surface area contributed by atoms with Crippen molar-refractivity contribution in [1.82, 2.24) is 9.97 Å². The van der Waals surface area contributed by atoms with Crippen LogP contribution in [0, 0.1) is 12.7 Å². The number of anilines is 2. The van der Waals surface area contributed by atoms with Crippen LogP contribution in [0.3, 0.4) is 0 Å². The highest BCUT2D eigenvalue weighted by molar-refractivity contribution is 5.43. The number of hydrogen-bond acceptors (Lipinski definition) is 4. The fourth-order valence-electron chi connectivity index (χ4n) is 2.16. The third-order valence-electron chi connectivity index (χ3n) is 3.04. The van der Waals surface area contributed by atoms with E-state index in [1.165, 1.54) is 12.1 Å². The summed E-state index contributed by atoms with van der Waals surface area (Å²) in [4.78, 5) is 8.75. The van der Waals surface area contributed by atoms with E-state index in [0.717, 1.165) is 30.0 Å². The summed E-state index contributed by atoms with van der Waals surface area (Å²) in [5.41, 5.74) is 2.01. The number of aryl methyl sites for hydroxylation is 1. The van der Waals surface area contributed by atoms with Crippen LogP contribution in [-0.2, 0) is 6.42 Å². The highest BCUT2D eigenvalue weighted by Crippen LogP contribution is 2.13. The normalized spacial score (nSPS) is 12.0. The lowest BCUT2D eigenvalue weighted by Crippen LogP contribution is -2.19. The molecule has 112 valence electrons. The fraction of sp³-hybridized carbons (Fsp3) is 0.375. The van der Waals surface area contributed by atoms with Gasteiger partial charge >= 0.3 is 0 Å². The maximum absolute atomic E-state index is 12.9.